The molecule has 0 spiro atoms. The van der Waals surface area contributed by atoms with Crippen LogP contribution in [0.15, 0.2) is 42.5 Å². The van der Waals surface area contributed by atoms with Crippen molar-refractivity contribution in [1.29, 1.82) is 0 Å². The summed E-state index contributed by atoms with van der Waals surface area (Å²) >= 11 is 0. The second-order valence-electron chi connectivity index (χ2n) is 7.73. The maximum Gasteiger partial charge on any atom is 0.416 e. The number of nitrogens with one attached hydrogen (secondary N) is 2. The number of alkyl halides is 3. The van der Waals surface area contributed by atoms with Gasteiger partial charge in [-0.3, -0.25) is 4.79 Å². The maximum atomic E-state index is 12.7. The number of aromatic amines is 1. The molecule has 7 heteroatoms. The van der Waals surface area contributed by atoms with E-state index in [2.05, 4.69) is 29.3 Å². The summed E-state index contributed by atoms with van der Waals surface area (Å²) in [4.78, 5) is 18.2. The highest BCUT2D eigenvalue weighted by atomic mass is 19.4. The molecule has 1 unspecified atom stereocenters. The van der Waals surface area contributed by atoms with Crippen LogP contribution in [0.5, 0.6) is 0 Å². The summed E-state index contributed by atoms with van der Waals surface area (Å²) in [5, 5.41) is 3.87. The fourth-order valence-corrected chi connectivity index (χ4v) is 3.93. The number of hydrogen-bond donors (Lipinski definition) is 2. The Balaban J connectivity index is 1.57. The summed E-state index contributed by atoms with van der Waals surface area (Å²) in [6.45, 7) is 0. The minimum absolute atomic E-state index is 0.182. The van der Waals surface area contributed by atoms with Gasteiger partial charge in [-0.1, -0.05) is 0 Å². The molecule has 0 saturated carbocycles. The molecular weight excluding hydrogens is 379 g/mol. The molecule has 152 valence electrons. The van der Waals surface area contributed by atoms with Gasteiger partial charge in [0.2, 0.25) is 0 Å². The van der Waals surface area contributed by atoms with Gasteiger partial charge >= 0.3 is 6.18 Å². The van der Waals surface area contributed by atoms with Crippen molar-refractivity contribution in [2.24, 2.45) is 0 Å². The monoisotopic (exact) mass is 401 g/mol. The minimum Gasteiger partial charge on any atom is -0.358 e. The van der Waals surface area contributed by atoms with E-state index in [9.17, 15) is 18.0 Å². The van der Waals surface area contributed by atoms with Gasteiger partial charge in [0.25, 0.3) is 5.91 Å². The molecule has 1 heterocycles. The predicted molar refractivity (Wildman–Crippen MR) is 107 cm³/mol. The Labute approximate surface area is 166 Å². The van der Waals surface area contributed by atoms with Crippen molar-refractivity contribution in [3.05, 3.63) is 64.8 Å². The van der Waals surface area contributed by atoms with E-state index in [1.54, 1.807) is 6.07 Å². The van der Waals surface area contributed by atoms with E-state index in [-0.39, 0.29) is 5.56 Å². The molecule has 0 saturated heterocycles. The van der Waals surface area contributed by atoms with Crippen molar-refractivity contribution in [3.8, 4) is 0 Å². The quantitative estimate of drug-likeness (QED) is 0.659. The largest absolute Gasteiger partial charge is 0.416 e. The molecule has 0 fully saturated rings. The summed E-state index contributed by atoms with van der Waals surface area (Å²) in [6, 6.07) is 10.4. The van der Waals surface area contributed by atoms with Crippen LogP contribution in [-0.4, -0.2) is 35.9 Å². The molecule has 3 aromatic rings. The van der Waals surface area contributed by atoms with Crippen molar-refractivity contribution in [3.63, 3.8) is 0 Å². The third-order valence-corrected chi connectivity index (χ3v) is 5.62. The topological polar surface area (TPSA) is 48.1 Å². The van der Waals surface area contributed by atoms with E-state index in [0.717, 1.165) is 42.3 Å². The third-order valence-electron chi connectivity index (χ3n) is 5.62. The van der Waals surface area contributed by atoms with Crippen molar-refractivity contribution in [2.75, 3.05) is 19.4 Å². The number of hydrogen-bond acceptors (Lipinski definition) is 2. The van der Waals surface area contributed by atoms with E-state index in [1.807, 2.05) is 12.1 Å². The van der Waals surface area contributed by atoms with Crippen LogP contribution in [0.4, 0.5) is 18.9 Å². The molecule has 0 radical (unpaired) electrons. The summed E-state index contributed by atoms with van der Waals surface area (Å²) in [7, 11) is 4.17. The zero-order chi connectivity index (χ0) is 20.8. The number of halogens is 3. The molecule has 4 nitrogen and oxygen atoms in total. The highest BCUT2D eigenvalue weighted by molar-refractivity contribution is 6.05. The average molecular weight is 401 g/mol. The maximum absolute atomic E-state index is 12.7. The number of aryl methyl sites for hydroxylation is 1. The van der Waals surface area contributed by atoms with Crippen LogP contribution in [0.25, 0.3) is 10.9 Å². The first-order valence-corrected chi connectivity index (χ1v) is 9.51. The lowest BCUT2D eigenvalue weighted by atomic mass is 9.91. The van der Waals surface area contributed by atoms with Crippen LogP contribution in [0.3, 0.4) is 0 Å². The third kappa shape index (κ3) is 3.87. The van der Waals surface area contributed by atoms with Crippen molar-refractivity contribution < 1.29 is 18.0 Å². The fraction of sp³-hybridized carbons (Fsp3) is 0.318. The van der Waals surface area contributed by atoms with E-state index in [4.69, 9.17) is 0 Å². The van der Waals surface area contributed by atoms with Gasteiger partial charge in [-0.05, 0) is 81.4 Å². The summed E-state index contributed by atoms with van der Waals surface area (Å²) < 4.78 is 38.1. The van der Waals surface area contributed by atoms with Crippen molar-refractivity contribution in [1.82, 2.24) is 9.88 Å². The molecule has 29 heavy (non-hydrogen) atoms. The lowest BCUT2D eigenvalue weighted by Crippen LogP contribution is -2.33. The molecule has 0 aliphatic heterocycles. The Kier molecular flexibility index (Phi) is 4.86. The van der Waals surface area contributed by atoms with Gasteiger partial charge in [-0.2, -0.15) is 13.2 Å². The van der Waals surface area contributed by atoms with Gasteiger partial charge in [-0.25, -0.2) is 0 Å². The van der Waals surface area contributed by atoms with Gasteiger partial charge in [0.05, 0.1) is 5.56 Å². The fourth-order valence-electron chi connectivity index (χ4n) is 3.93. The number of likely N-dealkylation sites (N-methyl/N-ethyl adjacent to an activating group) is 1. The summed E-state index contributed by atoms with van der Waals surface area (Å²) in [6.07, 6.45) is -1.39. The minimum atomic E-state index is -4.42. The number of aromatic nitrogens is 1. The molecule has 1 aromatic heterocycles. The second-order valence-corrected chi connectivity index (χ2v) is 7.73. The Morgan fingerprint density at radius 2 is 1.86 bits per heavy atom. The first-order chi connectivity index (χ1) is 13.7. The highest BCUT2D eigenvalue weighted by Crippen LogP contribution is 2.32. The van der Waals surface area contributed by atoms with Crippen LogP contribution in [0, 0.1) is 0 Å². The molecule has 1 atom stereocenters. The van der Waals surface area contributed by atoms with Crippen LogP contribution < -0.4 is 5.32 Å². The predicted octanol–water partition coefficient (Wildman–Crippen LogP) is 4.86. The first-order valence-electron chi connectivity index (χ1n) is 9.51. The molecule has 1 aliphatic rings. The standard InChI is InChI=1S/C22H22F3N3O/c1-28(2)16-8-10-20-18(12-16)17-11-15(7-9-19(17)27-20)26-21(29)13-3-5-14(6-4-13)22(23,24)25/h3-7,9,11,16,27H,8,10,12H2,1-2H3,(H,26,29). The van der Waals surface area contributed by atoms with E-state index in [1.165, 1.54) is 23.4 Å². The number of H-pyrrole nitrogens is 1. The number of carbonyl (C=O) groups is 1. The summed E-state index contributed by atoms with van der Waals surface area (Å²) in [5.74, 6) is -0.436. The molecule has 2 N–H and O–H groups in total. The number of amides is 1. The molecular formula is C22H22F3N3O. The molecule has 1 aliphatic carbocycles. The number of rotatable bonds is 3. The van der Waals surface area contributed by atoms with Crippen LogP contribution in [0.1, 0.15) is 33.6 Å². The molecule has 0 bridgehead atoms. The number of benzene rings is 2. The number of anilines is 1. The smallest absolute Gasteiger partial charge is 0.358 e. The van der Waals surface area contributed by atoms with Crippen LogP contribution in [0.2, 0.25) is 0 Å². The molecule has 4 rings (SSSR count). The van der Waals surface area contributed by atoms with E-state index >= 15 is 0 Å². The Hall–Kier alpha value is -2.80. The van der Waals surface area contributed by atoms with Crippen LogP contribution >= 0.6 is 0 Å². The Morgan fingerprint density at radius 3 is 2.52 bits per heavy atom. The molecule has 1 amide bonds. The van der Waals surface area contributed by atoms with Gasteiger partial charge in [0.15, 0.2) is 0 Å². The van der Waals surface area contributed by atoms with E-state index < -0.39 is 17.6 Å². The number of fused-ring (bicyclic) bond motifs is 3. The zero-order valence-corrected chi connectivity index (χ0v) is 16.2. The first kappa shape index (κ1) is 19.5. The lowest BCUT2D eigenvalue weighted by molar-refractivity contribution is -0.137. The lowest BCUT2D eigenvalue weighted by Gasteiger charge is -2.28. The average Bonchev–Trinajstić information content (AvgIpc) is 3.04. The zero-order valence-electron chi connectivity index (χ0n) is 16.2. The Morgan fingerprint density at radius 1 is 1.14 bits per heavy atom. The van der Waals surface area contributed by atoms with Crippen molar-refractivity contribution in [2.45, 2.75) is 31.5 Å². The van der Waals surface area contributed by atoms with Gasteiger partial charge in [-0.15, -0.1) is 0 Å². The second kappa shape index (κ2) is 7.22. The van der Waals surface area contributed by atoms with Gasteiger partial charge < -0.3 is 15.2 Å². The van der Waals surface area contributed by atoms with Gasteiger partial charge in [0.1, 0.15) is 0 Å². The Bertz CT molecular complexity index is 1050. The number of nitrogens with zero attached hydrogens (tertiary/aromatic N) is 1. The number of carbonyl (C=O) groups excluding carboxylic acids is 1. The summed E-state index contributed by atoms with van der Waals surface area (Å²) in [5.41, 5.74) is 3.57. The molecule has 2 aromatic carbocycles. The highest BCUT2D eigenvalue weighted by Gasteiger charge is 2.30. The van der Waals surface area contributed by atoms with Crippen LogP contribution in [-0.2, 0) is 19.0 Å². The normalized spacial score (nSPS) is 16.8. The van der Waals surface area contributed by atoms with Gasteiger partial charge in [0, 0.05) is 33.9 Å². The SMILES string of the molecule is CN(C)C1CCc2[nH]c3ccc(NC(=O)c4ccc(C(F)(F)F)cc4)cc3c2C1. The van der Waals surface area contributed by atoms with Crippen molar-refractivity contribution >= 4 is 22.5 Å². The van der Waals surface area contributed by atoms with E-state index in [0.29, 0.717) is 11.7 Å².